The van der Waals surface area contributed by atoms with Gasteiger partial charge in [0.05, 0.1) is 5.54 Å². The zero-order valence-electron chi connectivity index (χ0n) is 12.6. The number of rotatable bonds is 4. The first-order chi connectivity index (χ1) is 9.00. The lowest BCUT2D eigenvalue weighted by molar-refractivity contribution is 0.116. The molecule has 0 saturated heterocycles. The normalized spacial score (nSPS) is 27.2. The number of likely N-dealkylation sites (N-methyl/N-ethyl adjacent to an activating group) is 1. The summed E-state index contributed by atoms with van der Waals surface area (Å²) >= 11 is 0. The summed E-state index contributed by atoms with van der Waals surface area (Å²) in [5.74, 6) is 0.797. The Labute approximate surface area is 118 Å². The van der Waals surface area contributed by atoms with Crippen LogP contribution in [0.15, 0.2) is 30.3 Å². The van der Waals surface area contributed by atoms with E-state index in [1.165, 1.54) is 31.2 Å². The van der Waals surface area contributed by atoms with Crippen molar-refractivity contribution in [3.05, 3.63) is 35.9 Å². The fourth-order valence-corrected chi connectivity index (χ4v) is 3.50. The maximum Gasteiger partial charge on any atom is 0.0509 e. The average Bonchev–Trinajstić information content (AvgIpc) is 2.39. The van der Waals surface area contributed by atoms with Crippen molar-refractivity contribution in [1.82, 2.24) is 4.90 Å². The van der Waals surface area contributed by atoms with Gasteiger partial charge in [0.25, 0.3) is 0 Å². The zero-order valence-corrected chi connectivity index (χ0v) is 12.6. The molecule has 106 valence electrons. The Hall–Kier alpha value is -0.860. The highest BCUT2D eigenvalue weighted by Crippen LogP contribution is 2.29. The molecule has 3 unspecified atom stereocenters. The van der Waals surface area contributed by atoms with Crippen LogP contribution in [0.4, 0.5) is 0 Å². The van der Waals surface area contributed by atoms with E-state index >= 15 is 0 Å². The van der Waals surface area contributed by atoms with E-state index < -0.39 is 0 Å². The monoisotopic (exact) mass is 260 g/mol. The lowest BCUT2D eigenvalue weighted by Crippen LogP contribution is -2.49. The molecule has 1 saturated carbocycles. The van der Waals surface area contributed by atoms with Gasteiger partial charge in [0.2, 0.25) is 0 Å². The number of hydrogen-bond donors (Lipinski definition) is 1. The van der Waals surface area contributed by atoms with E-state index in [1.807, 2.05) is 6.07 Å². The topological polar surface area (TPSA) is 29.3 Å². The Morgan fingerprint density at radius 2 is 1.84 bits per heavy atom. The molecule has 0 aliphatic heterocycles. The van der Waals surface area contributed by atoms with E-state index in [-0.39, 0.29) is 5.54 Å². The summed E-state index contributed by atoms with van der Waals surface area (Å²) in [7, 11) is 2.24. The van der Waals surface area contributed by atoms with Crippen LogP contribution in [-0.4, -0.2) is 24.5 Å². The molecule has 0 amide bonds. The minimum absolute atomic E-state index is 0.271. The molecule has 0 bridgehead atoms. The third kappa shape index (κ3) is 3.58. The molecule has 0 heterocycles. The van der Waals surface area contributed by atoms with Crippen LogP contribution in [0, 0.1) is 5.92 Å². The first-order valence-electron chi connectivity index (χ1n) is 7.55. The van der Waals surface area contributed by atoms with Crippen LogP contribution in [0.25, 0.3) is 0 Å². The van der Waals surface area contributed by atoms with Crippen molar-refractivity contribution in [3.63, 3.8) is 0 Å². The van der Waals surface area contributed by atoms with Gasteiger partial charge < -0.3 is 10.6 Å². The molecular weight excluding hydrogens is 232 g/mol. The Kier molecular flexibility index (Phi) is 4.64. The third-order valence-electron chi connectivity index (χ3n) is 4.64. The van der Waals surface area contributed by atoms with E-state index in [2.05, 4.69) is 50.1 Å². The first kappa shape index (κ1) is 14.5. The minimum atomic E-state index is -0.271. The number of nitrogens with two attached hydrogens (primary N) is 1. The smallest absolute Gasteiger partial charge is 0.0509 e. The molecule has 1 aromatic rings. The van der Waals surface area contributed by atoms with Crippen molar-refractivity contribution in [2.75, 3.05) is 13.6 Å². The molecule has 2 heteroatoms. The van der Waals surface area contributed by atoms with Crippen molar-refractivity contribution in [2.24, 2.45) is 11.7 Å². The van der Waals surface area contributed by atoms with Gasteiger partial charge in [-0.2, -0.15) is 0 Å². The van der Waals surface area contributed by atoms with Crippen LogP contribution in [0.2, 0.25) is 0 Å². The summed E-state index contributed by atoms with van der Waals surface area (Å²) in [6.45, 7) is 5.45. The van der Waals surface area contributed by atoms with Gasteiger partial charge >= 0.3 is 0 Å². The highest BCUT2D eigenvalue weighted by atomic mass is 15.2. The summed E-state index contributed by atoms with van der Waals surface area (Å²) in [5, 5.41) is 0. The predicted octanol–water partition coefficient (Wildman–Crippen LogP) is 3.37. The van der Waals surface area contributed by atoms with Crippen LogP contribution in [-0.2, 0) is 5.54 Å². The van der Waals surface area contributed by atoms with Crippen LogP contribution in [0.1, 0.15) is 45.1 Å². The number of benzene rings is 1. The summed E-state index contributed by atoms with van der Waals surface area (Å²) in [6, 6.07) is 11.2. The molecule has 1 aromatic carbocycles. The molecule has 3 atom stereocenters. The van der Waals surface area contributed by atoms with Crippen molar-refractivity contribution in [3.8, 4) is 0 Å². The minimum Gasteiger partial charge on any atom is -0.321 e. The van der Waals surface area contributed by atoms with Crippen LogP contribution >= 0.6 is 0 Å². The van der Waals surface area contributed by atoms with Crippen LogP contribution in [0.3, 0.4) is 0 Å². The van der Waals surface area contributed by atoms with Crippen molar-refractivity contribution >= 4 is 0 Å². The summed E-state index contributed by atoms with van der Waals surface area (Å²) < 4.78 is 0. The lowest BCUT2D eigenvalue weighted by atomic mass is 9.84. The van der Waals surface area contributed by atoms with E-state index in [0.29, 0.717) is 6.04 Å². The van der Waals surface area contributed by atoms with Crippen molar-refractivity contribution < 1.29 is 0 Å². The molecule has 2 rings (SSSR count). The molecule has 1 aliphatic rings. The molecule has 2 nitrogen and oxygen atoms in total. The quantitative estimate of drug-likeness (QED) is 0.899. The number of hydrogen-bond acceptors (Lipinski definition) is 2. The summed E-state index contributed by atoms with van der Waals surface area (Å²) in [6.07, 6.45) is 5.44. The fourth-order valence-electron chi connectivity index (χ4n) is 3.50. The molecule has 19 heavy (non-hydrogen) atoms. The second kappa shape index (κ2) is 6.06. The van der Waals surface area contributed by atoms with E-state index in [9.17, 15) is 0 Å². The highest BCUT2D eigenvalue weighted by molar-refractivity contribution is 5.23. The molecule has 0 aromatic heterocycles. The van der Waals surface area contributed by atoms with E-state index in [0.717, 1.165) is 12.5 Å². The average molecular weight is 260 g/mol. The number of nitrogens with zero attached hydrogens (tertiary/aromatic N) is 1. The van der Waals surface area contributed by atoms with Crippen LogP contribution < -0.4 is 5.73 Å². The standard InChI is InChI=1S/C17H28N2/c1-14-9-7-8-12-16(14)19(3)13-17(2,18)15-10-5-4-6-11-15/h4-6,10-11,14,16H,7-9,12-13,18H2,1-3H3. The van der Waals surface area contributed by atoms with Gasteiger partial charge in [0, 0.05) is 12.6 Å². The zero-order chi connectivity index (χ0) is 13.9. The molecule has 0 spiro atoms. The third-order valence-corrected chi connectivity index (χ3v) is 4.64. The van der Waals surface area contributed by atoms with E-state index in [1.54, 1.807) is 0 Å². The largest absolute Gasteiger partial charge is 0.321 e. The fraction of sp³-hybridized carbons (Fsp3) is 0.647. The molecule has 2 N–H and O–H groups in total. The van der Waals surface area contributed by atoms with Gasteiger partial charge in [-0.3, -0.25) is 0 Å². The Morgan fingerprint density at radius 3 is 2.47 bits per heavy atom. The van der Waals surface area contributed by atoms with Gasteiger partial charge in [-0.1, -0.05) is 50.1 Å². The van der Waals surface area contributed by atoms with Crippen molar-refractivity contribution in [2.45, 2.75) is 51.1 Å². The van der Waals surface area contributed by atoms with Crippen molar-refractivity contribution in [1.29, 1.82) is 0 Å². The van der Waals surface area contributed by atoms with Gasteiger partial charge in [0.15, 0.2) is 0 Å². The Balaban J connectivity index is 2.03. The highest BCUT2D eigenvalue weighted by Gasteiger charge is 2.30. The van der Waals surface area contributed by atoms with Gasteiger partial charge in [0.1, 0.15) is 0 Å². The molecule has 1 aliphatic carbocycles. The second-order valence-electron chi connectivity index (χ2n) is 6.53. The SMILES string of the molecule is CC1CCCCC1N(C)CC(C)(N)c1ccccc1. The van der Waals surface area contributed by atoms with Crippen LogP contribution in [0.5, 0.6) is 0 Å². The Bertz CT molecular complexity index is 386. The van der Waals surface area contributed by atoms with Gasteiger partial charge in [-0.25, -0.2) is 0 Å². The van der Waals surface area contributed by atoms with Gasteiger partial charge in [-0.15, -0.1) is 0 Å². The molecular formula is C17H28N2. The predicted molar refractivity (Wildman–Crippen MR) is 82.0 cm³/mol. The summed E-state index contributed by atoms with van der Waals surface area (Å²) in [5.41, 5.74) is 7.51. The van der Waals surface area contributed by atoms with Gasteiger partial charge in [-0.05, 0) is 38.3 Å². The lowest BCUT2D eigenvalue weighted by Gasteiger charge is -2.40. The maximum absolute atomic E-state index is 6.55. The Morgan fingerprint density at radius 1 is 1.21 bits per heavy atom. The molecule has 0 radical (unpaired) electrons. The second-order valence-corrected chi connectivity index (χ2v) is 6.53. The van der Waals surface area contributed by atoms with E-state index in [4.69, 9.17) is 5.73 Å². The summed E-state index contributed by atoms with van der Waals surface area (Å²) in [4.78, 5) is 2.48. The molecule has 1 fully saturated rings. The maximum atomic E-state index is 6.55. The first-order valence-corrected chi connectivity index (χ1v) is 7.55.